The van der Waals surface area contributed by atoms with Gasteiger partial charge in [-0.25, -0.2) is 0 Å². The molecule has 0 radical (unpaired) electrons. The molecule has 0 aliphatic heterocycles. The first-order valence-electron chi connectivity index (χ1n) is 3.86. The summed E-state index contributed by atoms with van der Waals surface area (Å²) in [6.45, 7) is 2.28. The van der Waals surface area contributed by atoms with Gasteiger partial charge in [-0.2, -0.15) is 0 Å². The van der Waals surface area contributed by atoms with Gasteiger partial charge < -0.3 is 4.74 Å². The lowest BCUT2D eigenvalue weighted by molar-refractivity contribution is -0.0227. The van der Waals surface area contributed by atoms with E-state index in [1.54, 1.807) is 7.11 Å². The highest BCUT2D eigenvalue weighted by Gasteiger charge is 2.40. The quantitative estimate of drug-likeness (QED) is 0.550. The van der Waals surface area contributed by atoms with Crippen molar-refractivity contribution in [2.45, 2.75) is 19.6 Å². The van der Waals surface area contributed by atoms with Crippen molar-refractivity contribution in [3.05, 3.63) is 0 Å². The van der Waals surface area contributed by atoms with Crippen LogP contribution >= 0.6 is 0 Å². The van der Waals surface area contributed by atoms with Gasteiger partial charge in [0.05, 0.1) is 0 Å². The van der Waals surface area contributed by atoms with E-state index < -0.39 is 0 Å². The fourth-order valence-electron chi connectivity index (χ4n) is 1.52. The van der Waals surface area contributed by atoms with Crippen LogP contribution in [0.3, 0.4) is 0 Å². The fraction of sp³-hybridized carbons (Fsp3) is 1.00. The van der Waals surface area contributed by atoms with E-state index in [0.717, 1.165) is 11.8 Å². The van der Waals surface area contributed by atoms with Gasteiger partial charge in [0, 0.05) is 13.0 Å². The Labute approximate surface area is 63.2 Å². The molecule has 0 aromatic heterocycles. The molecule has 0 spiro atoms. The highest BCUT2D eigenvalue weighted by Crippen LogP contribution is 2.41. The Balaban J connectivity index is 2.34. The average Bonchev–Trinajstić information content (AvgIpc) is 2.48. The number of rotatable bonds is 3. The van der Waals surface area contributed by atoms with Crippen molar-refractivity contribution in [3.8, 4) is 0 Å². The lowest BCUT2D eigenvalue weighted by Crippen LogP contribution is -2.32. The summed E-state index contributed by atoms with van der Waals surface area (Å²) >= 11 is 0. The second kappa shape index (κ2) is 2.89. The van der Waals surface area contributed by atoms with Crippen LogP contribution in [0.25, 0.3) is 0 Å². The monoisotopic (exact) mass is 143 g/mol. The SMILES string of the molecule is COC(C1CC1C)N(C)C. The summed E-state index contributed by atoms with van der Waals surface area (Å²) in [5.74, 6) is 1.65. The van der Waals surface area contributed by atoms with E-state index in [1.165, 1.54) is 6.42 Å². The van der Waals surface area contributed by atoms with Crippen LogP contribution in [0.2, 0.25) is 0 Å². The molecule has 2 nitrogen and oxygen atoms in total. The minimum atomic E-state index is 0.343. The number of hydrogen-bond donors (Lipinski definition) is 0. The van der Waals surface area contributed by atoms with Crippen molar-refractivity contribution < 1.29 is 4.74 Å². The Morgan fingerprint density at radius 1 is 1.50 bits per heavy atom. The highest BCUT2D eigenvalue weighted by atomic mass is 16.5. The van der Waals surface area contributed by atoms with Crippen LogP contribution in [0.5, 0.6) is 0 Å². The van der Waals surface area contributed by atoms with Gasteiger partial charge in [-0.1, -0.05) is 6.92 Å². The van der Waals surface area contributed by atoms with Gasteiger partial charge in [0.25, 0.3) is 0 Å². The lowest BCUT2D eigenvalue weighted by Gasteiger charge is -2.22. The van der Waals surface area contributed by atoms with Crippen molar-refractivity contribution in [1.82, 2.24) is 4.90 Å². The van der Waals surface area contributed by atoms with Crippen LogP contribution < -0.4 is 0 Å². The molecule has 0 saturated heterocycles. The second-order valence-electron chi connectivity index (χ2n) is 3.47. The molecule has 2 heteroatoms. The Kier molecular flexibility index (Phi) is 2.32. The molecular weight excluding hydrogens is 126 g/mol. The molecule has 0 amide bonds. The van der Waals surface area contributed by atoms with E-state index in [4.69, 9.17) is 4.74 Å². The second-order valence-corrected chi connectivity index (χ2v) is 3.47. The number of nitrogens with zero attached hydrogens (tertiary/aromatic N) is 1. The Hall–Kier alpha value is -0.0800. The molecule has 10 heavy (non-hydrogen) atoms. The molecule has 1 rings (SSSR count). The molecule has 1 saturated carbocycles. The minimum Gasteiger partial charge on any atom is -0.366 e. The Bertz CT molecular complexity index is 114. The van der Waals surface area contributed by atoms with E-state index in [9.17, 15) is 0 Å². The zero-order valence-corrected chi connectivity index (χ0v) is 7.29. The van der Waals surface area contributed by atoms with Crippen LogP contribution in [-0.4, -0.2) is 32.3 Å². The first-order chi connectivity index (χ1) is 4.66. The van der Waals surface area contributed by atoms with E-state index >= 15 is 0 Å². The van der Waals surface area contributed by atoms with Crippen molar-refractivity contribution in [3.63, 3.8) is 0 Å². The van der Waals surface area contributed by atoms with Crippen LogP contribution in [0.1, 0.15) is 13.3 Å². The van der Waals surface area contributed by atoms with Gasteiger partial charge >= 0.3 is 0 Å². The van der Waals surface area contributed by atoms with E-state index in [2.05, 4.69) is 25.9 Å². The lowest BCUT2D eigenvalue weighted by atomic mass is 10.3. The molecule has 0 N–H and O–H groups in total. The van der Waals surface area contributed by atoms with Crippen molar-refractivity contribution >= 4 is 0 Å². The maximum absolute atomic E-state index is 5.33. The van der Waals surface area contributed by atoms with Crippen LogP contribution in [-0.2, 0) is 4.74 Å². The molecule has 0 aromatic carbocycles. The molecular formula is C8H17NO. The maximum atomic E-state index is 5.33. The summed E-state index contributed by atoms with van der Waals surface area (Å²) in [5.41, 5.74) is 0. The normalized spacial score (nSPS) is 34.5. The van der Waals surface area contributed by atoms with Crippen LogP contribution in [0, 0.1) is 11.8 Å². The van der Waals surface area contributed by atoms with Gasteiger partial charge in [0.2, 0.25) is 0 Å². The average molecular weight is 143 g/mol. The van der Waals surface area contributed by atoms with Crippen molar-refractivity contribution in [1.29, 1.82) is 0 Å². The zero-order chi connectivity index (χ0) is 7.72. The smallest absolute Gasteiger partial charge is 0.112 e. The number of methoxy groups -OCH3 is 1. The third kappa shape index (κ3) is 1.50. The molecule has 0 aromatic rings. The maximum Gasteiger partial charge on any atom is 0.112 e. The third-order valence-electron chi connectivity index (χ3n) is 2.29. The molecule has 3 unspecified atom stereocenters. The predicted molar refractivity (Wildman–Crippen MR) is 41.8 cm³/mol. The Morgan fingerprint density at radius 3 is 2.10 bits per heavy atom. The van der Waals surface area contributed by atoms with Gasteiger partial charge in [-0.15, -0.1) is 0 Å². The van der Waals surface area contributed by atoms with Gasteiger partial charge in [-0.3, -0.25) is 4.90 Å². The summed E-state index contributed by atoms with van der Waals surface area (Å²) in [6, 6.07) is 0. The third-order valence-corrected chi connectivity index (χ3v) is 2.29. The topological polar surface area (TPSA) is 12.5 Å². The molecule has 1 aliphatic rings. The predicted octanol–water partition coefficient (Wildman–Crippen LogP) is 1.18. The summed E-state index contributed by atoms with van der Waals surface area (Å²) in [4.78, 5) is 2.15. The Morgan fingerprint density at radius 2 is 2.00 bits per heavy atom. The first-order valence-corrected chi connectivity index (χ1v) is 3.86. The van der Waals surface area contributed by atoms with Crippen LogP contribution in [0.15, 0.2) is 0 Å². The zero-order valence-electron chi connectivity index (χ0n) is 7.29. The number of hydrogen-bond acceptors (Lipinski definition) is 2. The van der Waals surface area contributed by atoms with Crippen molar-refractivity contribution in [2.75, 3.05) is 21.2 Å². The summed E-state index contributed by atoms with van der Waals surface area (Å²) in [5, 5.41) is 0. The van der Waals surface area contributed by atoms with E-state index in [0.29, 0.717) is 6.23 Å². The standard InChI is InChI=1S/C8H17NO/c1-6-5-7(6)8(10-4)9(2)3/h6-8H,5H2,1-4H3. The fourth-order valence-corrected chi connectivity index (χ4v) is 1.52. The minimum absolute atomic E-state index is 0.343. The highest BCUT2D eigenvalue weighted by molar-refractivity contribution is 4.87. The molecule has 3 atom stereocenters. The van der Waals surface area contributed by atoms with Crippen molar-refractivity contribution in [2.24, 2.45) is 11.8 Å². The summed E-state index contributed by atoms with van der Waals surface area (Å²) in [7, 11) is 5.92. The molecule has 0 bridgehead atoms. The van der Waals surface area contributed by atoms with E-state index in [1.807, 2.05) is 0 Å². The van der Waals surface area contributed by atoms with Gasteiger partial charge in [-0.05, 0) is 26.4 Å². The van der Waals surface area contributed by atoms with Gasteiger partial charge in [0.15, 0.2) is 0 Å². The van der Waals surface area contributed by atoms with Gasteiger partial charge in [0.1, 0.15) is 6.23 Å². The van der Waals surface area contributed by atoms with E-state index in [-0.39, 0.29) is 0 Å². The largest absolute Gasteiger partial charge is 0.366 e. The molecule has 1 aliphatic carbocycles. The summed E-state index contributed by atoms with van der Waals surface area (Å²) in [6.07, 6.45) is 1.67. The van der Waals surface area contributed by atoms with Crippen LogP contribution in [0.4, 0.5) is 0 Å². The molecule has 0 heterocycles. The summed E-state index contributed by atoms with van der Waals surface area (Å²) < 4.78 is 5.33. The first kappa shape index (κ1) is 8.02. The molecule has 60 valence electrons. The molecule has 1 fully saturated rings. The number of ether oxygens (including phenoxy) is 1.